The third kappa shape index (κ3) is 2.36. The number of aromatic nitrogens is 2. The van der Waals surface area contributed by atoms with Gasteiger partial charge in [0.05, 0.1) is 7.11 Å². The minimum Gasteiger partial charge on any atom is -0.489 e. The molecule has 2 aromatic rings. The molecule has 0 unspecified atom stereocenters. The third-order valence-corrected chi connectivity index (χ3v) is 3.49. The molecule has 0 atom stereocenters. The van der Waals surface area contributed by atoms with Gasteiger partial charge in [0.15, 0.2) is 5.15 Å². The fourth-order valence-corrected chi connectivity index (χ4v) is 2.51. The van der Waals surface area contributed by atoms with Gasteiger partial charge in [-0.05, 0) is 42.5 Å². The van der Waals surface area contributed by atoms with Crippen LogP contribution in [0.4, 0.5) is 0 Å². The zero-order valence-corrected chi connectivity index (χ0v) is 11.3. The van der Waals surface area contributed by atoms with Crippen LogP contribution in [0, 0.1) is 0 Å². The second-order valence-corrected chi connectivity index (χ2v) is 4.75. The van der Waals surface area contributed by atoms with E-state index in [1.54, 1.807) is 0 Å². The summed E-state index contributed by atoms with van der Waals surface area (Å²) in [6, 6.07) is 6.10. The number of hydrogen-bond donors (Lipinski definition) is 0. The fourth-order valence-electron chi connectivity index (χ4n) is 2.31. The zero-order valence-electron chi connectivity index (χ0n) is 10.5. The predicted molar refractivity (Wildman–Crippen MR) is 72.1 cm³/mol. The van der Waals surface area contributed by atoms with Crippen molar-refractivity contribution in [2.75, 3.05) is 7.11 Å². The van der Waals surface area contributed by atoms with E-state index in [-0.39, 0.29) is 5.15 Å². The molecule has 0 aliphatic heterocycles. The minimum absolute atomic E-state index is 0.244. The number of halogens is 1. The third-order valence-electron chi connectivity index (χ3n) is 3.22. The molecule has 1 aromatic carbocycles. The van der Waals surface area contributed by atoms with Crippen LogP contribution in [0.1, 0.15) is 17.5 Å². The van der Waals surface area contributed by atoms with Gasteiger partial charge in [0, 0.05) is 0 Å². The number of fused-ring (bicyclic) bond motifs is 1. The lowest BCUT2D eigenvalue weighted by Gasteiger charge is -2.10. The molecule has 1 aliphatic carbocycles. The lowest BCUT2D eigenvalue weighted by molar-refractivity contribution is 0.367. The van der Waals surface area contributed by atoms with Gasteiger partial charge >= 0.3 is 0 Å². The van der Waals surface area contributed by atoms with Crippen molar-refractivity contribution in [2.24, 2.45) is 0 Å². The van der Waals surface area contributed by atoms with Crippen molar-refractivity contribution in [1.82, 2.24) is 9.97 Å². The van der Waals surface area contributed by atoms with Crippen molar-refractivity contribution < 1.29 is 9.47 Å². The van der Waals surface area contributed by atoms with Gasteiger partial charge in [0.25, 0.3) is 5.88 Å². The first kappa shape index (κ1) is 12.2. The molecule has 4 nitrogen and oxygen atoms in total. The molecule has 0 fully saturated rings. The van der Waals surface area contributed by atoms with Crippen LogP contribution in [0.3, 0.4) is 0 Å². The molecule has 1 aromatic heterocycles. The van der Waals surface area contributed by atoms with Crippen LogP contribution in [0.25, 0.3) is 0 Å². The standard InChI is InChI=1S/C14H13ClN2O2/c1-18-12-13(15)16-8-17-14(12)19-11-6-5-9-3-2-4-10(9)7-11/h5-8H,2-4H2,1H3. The van der Waals surface area contributed by atoms with E-state index in [0.717, 1.165) is 18.6 Å². The van der Waals surface area contributed by atoms with Crippen molar-refractivity contribution in [1.29, 1.82) is 0 Å². The molecule has 3 rings (SSSR count). The maximum absolute atomic E-state index is 5.93. The van der Waals surface area contributed by atoms with Crippen LogP contribution < -0.4 is 9.47 Å². The number of rotatable bonds is 3. The zero-order chi connectivity index (χ0) is 13.2. The maximum atomic E-state index is 5.93. The van der Waals surface area contributed by atoms with E-state index in [4.69, 9.17) is 21.1 Å². The van der Waals surface area contributed by atoms with E-state index < -0.39 is 0 Å². The molecule has 0 bridgehead atoms. The van der Waals surface area contributed by atoms with E-state index in [0.29, 0.717) is 11.6 Å². The molecular formula is C14H13ClN2O2. The van der Waals surface area contributed by atoms with E-state index in [9.17, 15) is 0 Å². The number of methoxy groups -OCH3 is 1. The number of ether oxygens (including phenoxy) is 2. The second-order valence-electron chi connectivity index (χ2n) is 4.39. The Balaban J connectivity index is 1.91. The van der Waals surface area contributed by atoms with Gasteiger partial charge in [0.2, 0.25) is 5.75 Å². The Labute approximate surface area is 116 Å². The lowest BCUT2D eigenvalue weighted by atomic mass is 10.1. The highest BCUT2D eigenvalue weighted by molar-refractivity contribution is 6.31. The molecule has 0 spiro atoms. The summed E-state index contributed by atoms with van der Waals surface area (Å²) in [5, 5.41) is 0.244. The van der Waals surface area contributed by atoms with Crippen LogP contribution in [-0.2, 0) is 12.8 Å². The van der Waals surface area contributed by atoms with Gasteiger partial charge in [-0.1, -0.05) is 17.7 Å². The van der Waals surface area contributed by atoms with Gasteiger partial charge < -0.3 is 9.47 Å². The smallest absolute Gasteiger partial charge is 0.267 e. The van der Waals surface area contributed by atoms with Crippen molar-refractivity contribution in [3.8, 4) is 17.4 Å². The Bertz CT molecular complexity index is 616. The highest BCUT2D eigenvalue weighted by atomic mass is 35.5. The Morgan fingerprint density at radius 2 is 2.00 bits per heavy atom. The number of benzene rings is 1. The van der Waals surface area contributed by atoms with E-state index in [1.165, 1.54) is 31.0 Å². The van der Waals surface area contributed by atoms with Crippen molar-refractivity contribution >= 4 is 11.6 Å². The van der Waals surface area contributed by atoms with Crippen molar-refractivity contribution in [2.45, 2.75) is 19.3 Å². The van der Waals surface area contributed by atoms with Crippen LogP contribution in [-0.4, -0.2) is 17.1 Å². The summed E-state index contributed by atoms with van der Waals surface area (Å²) in [5.74, 6) is 1.43. The molecule has 0 N–H and O–H groups in total. The largest absolute Gasteiger partial charge is 0.489 e. The van der Waals surface area contributed by atoms with Gasteiger partial charge in [-0.25, -0.2) is 4.98 Å². The van der Waals surface area contributed by atoms with Gasteiger partial charge in [-0.2, -0.15) is 4.98 Å². The summed E-state index contributed by atoms with van der Waals surface area (Å²) in [6.45, 7) is 0. The summed E-state index contributed by atoms with van der Waals surface area (Å²) in [4.78, 5) is 7.92. The summed E-state index contributed by atoms with van der Waals surface area (Å²) in [5.41, 5.74) is 2.75. The van der Waals surface area contributed by atoms with Crippen LogP contribution in [0.5, 0.6) is 17.4 Å². The molecular weight excluding hydrogens is 264 g/mol. The molecule has 98 valence electrons. The Hall–Kier alpha value is -1.81. The van der Waals surface area contributed by atoms with Crippen molar-refractivity contribution in [3.63, 3.8) is 0 Å². The first-order valence-electron chi connectivity index (χ1n) is 6.12. The molecule has 0 saturated heterocycles. The van der Waals surface area contributed by atoms with E-state index >= 15 is 0 Å². The number of hydrogen-bond acceptors (Lipinski definition) is 4. The van der Waals surface area contributed by atoms with Crippen LogP contribution in [0.15, 0.2) is 24.5 Å². The molecule has 1 aliphatic rings. The highest BCUT2D eigenvalue weighted by Gasteiger charge is 2.15. The first-order chi connectivity index (χ1) is 9.28. The summed E-state index contributed by atoms with van der Waals surface area (Å²) >= 11 is 5.93. The molecule has 0 amide bonds. The lowest BCUT2D eigenvalue weighted by Crippen LogP contribution is -1.96. The second kappa shape index (κ2) is 5.05. The average Bonchev–Trinajstić information content (AvgIpc) is 2.86. The van der Waals surface area contributed by atoms with E-state index in [1.807, 2.05) is 6.07 Å². The number of aryl methyl sites for hydroxylation is 2. The molecule has 5 heteroatoms. The minimum atomic E-state index is 0.244. The highest BCUT2D eigenvalue weighted by Crippen LogP contribution is 2.35. The summed E-state index contributed by atoms with van der Waals surface area (Å²) < 4.78 is 10.9. The molecule has 19 heavy (non-hydrogen) atoms. The van der Waals surface area contributed by atoms with Crippen LogP contribution >= 0.6 is 11.6 Å². The summed E-state index contributed by atoms with van der Waals surface area (Å²) in [7, 11) is 1.51. The maximum Gasteiger partial charge on any atom is 0.267 e. The fraction of sp³-hybridized carbons (Fsp3) is 0.286. The molecule has 0 radical (unpaired) electrons. The van der Waals surface area contributed by atoms with Crippen LogP contribution in [0.2, 0.25) is 5.15 Å². The Morgan fingerprint density at radius 3 is 2.84 bits per heavy atom. The Kier molecular flexibility index (Phi) is 3.25. The normalized spacial score (nSPS) is 13.2. The SMILES string of the molecule is COc1c(Cl)ncnc1Oc1ccc2c(c1)CCC2. The van der Waals surface area contributed by atoms with Gasteiger partial charge in [-0.3, -0.25) is 0 Å². The van der Waals surface area contributed by atoms with Gasteiger partial charge in [0.1, 0.15) is 12.1 Å². The first-order valence-corrected chi connectivity index (χ1v) is 6.50. The Morgan fingerprint density at radius 1 is 1.16 bits per heavy atom. The van der Waals surface area contributed by atoms with Crippen molar-refractivity contribution in [3.05, 3.63) is 40.8 Å². The number of nitrogens with zero attached hydrogens (tertiary/aromatic N) is 2. The molecule has 0 saturated carbocycles. The molecule has 1 heterocycles. The monoisotopic (exact) mass is 276 g/mol. The van der Waals surface area contributed by atoms with E-state index in [2.05, 4.69) is 22.1 Å². The topological polar surface area (TPSA) is 44.2 Å². The predicted octanol–water partition coefficient (Wildman–Crippen LogP) is 3.42. The van der Waals surface area contributed by atoms with Gasteiger partial charge in [-0.15, -0.1) is 0 Å². The average molecular weight is 277 g/mol. The summed E-state index contributed by atoms with van der Waals surface area (Å²) in [6.07, 6.45) is 4.82. The quantitative estimate of drug-likeness (QED) is 0.806.